The molecule has 0 spiro atoms. The molecule has 4 heterocycles. The van der Waals surface area contributed by atoms with Crippen LogP contribution in [-0.4, -0.2) is 69.4 Å². The molecule has 1 saturated heterocycles. The molecule has 12 heteroatoms. The standard InChI is InChI=1S/C17H21N7O5/c1-7-22-23-16(28-7)13-11(26)12(27)17(29-13)24-6-20-10-14(18-5-19-15(10)24)21-8-3-2-4-9(8)25/h5-6,8-9,11-13,17,25-27H,2-4H2,1H3,(H,18,19,21)/t8-,9-,11+,12-,13-,17+/m0/s1. The van der Waals surface area contributed by atoms with Crippen LogP contribution in [0.5, 0.6) is 0 Å². The maximum absolute atomic E-state index is 10.6. The van der Waals surface area contributed by atoms with E-state index < -0.39 is 30.6 Å². The van der Waals surface area contributed by atoms with Crippen molar-refractivity contribution >= 4 is 17.0 Å². The van der Waals surface area contributed by atoms with E-state index in [1.54, 1.807) is 6.92 Å². The third kappa shape index (κ3) is 3.04. The Morgan fingerprint density at radius 2 is 1.97 bits per heavy atom. The second-order valence-electron chi connectivity index (χ2n) is 7.38. The van der Waals surface area contributed by atoms with Gasteiger partial charge in [0.2, 0.25) is 11.8 Å². The summed E-state index contributed by atoms with van der Waals surface area (Å²) in [5.41, 5.74) is 0.905. The first-order valence-electron chi connectivity index (χ1n) is 9.46. The Kier molecular flexibility index (Phi) is 4.42. The largest absolute Gasteiger partial charge is 0.423 e. The summed E-state index contributed by atoms with van der Waals surface area (Å²) in [7, 11) is 0. The summed E-state index contributed by atoms with van der Waals surface area (Å²) in [5.74, 6) is 0.921. The van der Waals surface area contributed by atoms with Gasteiger partial charge in [0, 0.05) is 6.92 Å². The molecule has 0 radical (unpaired) electrons. The average Bonchev–Trinajstić information content (AvgIpc) is 3.47. The predicted octanol–water partition coefficient (Wildman–Crippen LogP) is -0.165. The Morgan fingerprint density at radius 3 is 2.69 bits per heavy atom. The van der Waals surface area contributed by atoms with Gasteiger partial charge in [0.25, 0.3) is 0 Å². The Bertz CT molecular complexity index is 1020. The Hall–Kier alpha value is -2.67. The van der Waals surface area contributed by atoms with Crippen LogP contribution in [0.3, 0.4) is 0 Å². The van der Waals surface area contributed by atoms with Crippen molar-refractivity contribution in [3.8, 4) is 0 Å². The van der Waals surface area contributed by atoms with Crippen LogP contribution in [0.4, 0.5) is 5.82 Å². The highest BCUT2D eigenvalue weighted by atomic mass is 16.6. The summed E-state index contributed by atoms with van der Waals surface area (Å²) in [6, 6.07) is -0.0986. The fraction of sp³-hybridized carbons (Fsp3) is 0.588. The summed E-state index contributed by atoms with van der Waals surface area (Å²) >= 11 is 0. The van der Waals surface area contributed by atoms with Gasteiger partial charge < -0.3 is 29.8 Å². The highest BCUT2D eigenvalue weighted by Crippen LogP contribution is 2.39. The summed E-state index contributed by atoms with van der Waals surface area (Å²) in [4.78, 5) is 12.9. The average molecular weight is 403 g/mol. The van der Waals surface area contributed by atoms with Gasteiger partial charge in [0.05, 0.1) is 18.5 Å². The van der Waals surface area contributed by atoms with E-state index >= 15 is 0 Å². The molecular formula is C17H21N7O5. The van der Waals surface area contributed by atoms with Crippen LogP contribution in [-0.2, 0) is 4.74 Å². The number of fused-ring (bicyclic) bond motifs is 1. The molecule has 0 unspecified atom stereocenters. The van der Waals surface area contributed by atoms with Crippen LogP contribution in [0.15, 0.2) is 17.1 Å². The zero-order valence-corrected chi connectivity index (χ0v) is 15.6. The fourth-order valence-electron chi connectivity index (χ4n) is 3.95. The topological polar surface area (TPSA) is 164 Å². The van der Waals surface area contributed by atoms with Crippen molar-refractivity contribution in [3.63, 3.8) is 0 Å². The number of nitrogens with zero attached hydrogens (tertiary/aromatic N) is 6. The first-order valence-corrected chi connectivity index (χ1v) is 9.46. The highest BCUT2D eigenvalue weighted by Gasteiger charge is 2.47. The van der Waals surface area contributed by atoms with Gasteiger partial charge >= 0.3 is 0 Å². The third-order valence-corrected chi connectivity index (χ3v) is 5.46. The highest BCUT2D eigenvalue weighted by molar-refractivity contribution is 5.82. The van der Waals surface area contributed by atoms with Crippen molar-refractivity contribution in [2.45, 2.75) is 62.9 Å². The molecule has 1 aliphatic carbocycles. The van der Waals surface area contributed by atoms with Crippen molar-refractivity contribution in [3.05, 3.63) is 24.4 Å². The molecule has 3 aromatic heterocycles. The summed E-state index contributed by atoms with van der Waals surface area (Å²) in [6.07, 6.45) is 0.505. The van der Waals surface area contributed by atoms with E-state index in [9.17, 15) is 15.3 Å². The van der Waals surface area contributed by atoms with E-state index in [4.69, 9.17) is 9.15 Å². The second kappa shape index (κ2) is 6.99. The number of nitrogens with one attached hydrogen (secondary N) is 1. The van der Waals surface area contributed by atoms with Gasteiger partial charge in [-0.1, -0.05) is 0 Å². The molecule has 0 aromatic carbocycles. The van der Waals surface area contributed by atoms with Gasteiger partial charge in [-0.05, 0) is 19.3 Å². The number of aliphatic hydroxyl groups is 3. The molecule has 6 atom stereocenters. The molecule has 3 aromatic rings. The van der Waals surface area contributed by atoms with Crippen LogP contribution in [0.2, 0.25) is 0 Å². The monoisotopic (exact) mass is 403 g/mol. The van der Waals surface area contributed by atoms with Crippen LogP contribution in [0.1, 0.15) is 43.4 Å². The molecule has 4 N–H and O–H groups in total. The zero-order chi connectivity index (χ0) is 20.1. The van der Waals surface area contributed by atoms with Gasteiger partial charge in [-0.3, -0.25) is 4.57 Å². The minimum atomic E-state index is -1.26. The Balaban J connectivity index is 1.45. The van der Waals surface area contributed by atoms with Crippen molar-refractivity contribution in [2.75, 3.05) is 5.32 Å². The van der Waals surface area contributed by atoms with Crippen LogP contribution in [0.25, 0.3) is 11.2 Å². The lowest BCUT2D eigenvalue weighted by molar-refractivity contribution is -0.0439. The van der Waals surface area contributed by atoms with Crippen LogP contribution < -0.4 is 5.32 Å². The summed E-state index contributed by atoms with van der Waals surface area (Å²) < 4.78 is 12.7. The molecule has 29 heavy (non-hydrogen) atoms. The summed E-state index contributed by atoms with van der Waals surface area (Å²) in [5, 5.41) is 41.9. The Morgan fingerprint density at radius 1 is 1.10 bits per heavy atom. The predicted molar refractivity (Wildman–Crippen MR) is 96.5 cm³/mol. The van der Waals surface area contributed by atoms with Crippen LogP contribution in [0, 0.1) is 6.92 Å². The number of imidazole rings is 1. The first kappa shape index (κ1) is 18.4. The van der Waals surface area contributed by atoms with Crippen molar-refractivity contribution in [1.29, 1.82) is 0 Å². The van der Waals surface area contributed by atoms with E-state index in [-0.39, 0.29) is 11.9 Å². The zero-order valence-electron chi connectivity index (χ0n) is 15.6. The maximum Gasteiger partial charge on any atom is 0.248 e. The molecule has 12 nitrogen and oxygen atoms in total. The third-order valence-electron chi connectivity index (χ3n) is 5.46. The lowest BCUT2D eigenvalue weighted by atomic mass is 10.1. The quantitative estimate of drug-likeness (QED) is 0.457. The molecule has 0 amide bonds. The molecular weight excluding hydrogens is 382 g/mol. The van der Waals surface area contributed by atoms with Gasteiger partial charge in [-0.15, -0.1) is 10.2 Å². The normalized spacial score (nSPS) is 32.3. The molecule has 0 bridgehead atoms. The fourth-order valence-corrected chi connectivity index (χ4v) is 3.95. The Labute approximate surface area is 164 Å². The lowest BCUT2D eigenvalue weighted by Gasteiger charge is -2.18. The number of aryl methyl sites for hydroxylation is 1. The number of aliphatic hydroxyl groups excluding tert-OH is 3. The lowest BCUT2D eigenvalue weighted by Crippen LogP contribution is -2.29. The SMILES string of the molecule is Cc1nnc([C@H]2O[C@@H](n3cnc4c(N[C@H]5CCC[C@@H]5O)ncnc43)[C@@H](O)[C@H]2O)o1. The number of hydrogen-bond acceptors (Lipinski definition) is 11. The molecule has 1 aliphatic heterocycles. The van der Waals surface area contributed by atoms with E-state index in [1.807, 2.05) is 0 Å². The second-order valence-corrected chi connectivity index (χ2v) is 7.38. The number of hydrogen-bond donors (Lipinski definition) is 4. The van der Waals surface area contributed by atoms with Gasteiger partial charge in [0.1, 0.15) is 18.5 Å². The minimum Gasteiger partial charge on any atom is -0.423 e. The van der Waals surface area contributed by atoms with Crippen molar-refractivity contribution < 1.29 is 24.5 Å². The first-order chi connectivity index (χ1) is 14.0. The van der Waals surface area contributed by atoms with E-state index in [0.717, 1.165) is 19.3 Å². The number of aromatic nitrogens is 6. The number of rotatable bonds is 4. The molecule has 5 rings (SSSR count). The molecule has 1 saturated carbocycles. The number of ether oxygens (including phenoxy) is 1. The van der Waals surface area contributed by atoms with E-state index in [2.05, 4.69) is 30.5 Å². The van der Waals surface area contributed by atoms with Crippen molar-refractivity contribution in [2.24, 2.45) is 0 Å². The molecule has 2 fully saturated rings. The van der Waals surface area contributed by atoms with Gasteiger partial charge in [-0.2, -0.15) is 0 Å². The van der Waals surface area contributed by atoms with Gasteiger partial charge in [0.15, 0.2) is 29.3 Å². The minimum absolute atomic E-state index is 0.0909. The van der Waals surface area contributed by atoms with E-state index in [1.165, 1.54) is 17.2 Å². The smallest absolute Gasteiger partial charge is 0.248 e. The van der Waals surface area contributed by atoms with Crippen molar-refractivity contribution in [1.82, 2.24) is 29.7 Å². The number of anilines is 1. The van der Waals surface area contributed by atoms with Crippen LogP contribution >= 0.6 is 0 Å². The maximum atomic E-state index is 10.6. The molecule has 154 valence electrons. The van der Waals surface area contributed by atoms with E-state index in [0.29, 0.717) is 22.9 Å². The van der Waals surface area contributed by atoms with Gasteiger partial charge in [-0.25, -0.2) is 15.0 Å². The summed E-state index contributed by atoms with van der Waals surface area (Å²) in [6.45, 7) is 1.63. The molecule has 2 aliphatic rings.